The molecule has 0 aromatic carbocycles. The molecule has 1 N–H and O–H groups in total. The van der Waals surface area contributed by atoms with Crippen LogP contribution in [0.1, 0.15) is 58.3 Å². The molecule has 2 unspecified atom stereocenters. The summed E-state index contributed by atoms with van der Waals surface area (Å²) in [4.78, 5) is 11.0. The number of carboxylic acids is 1. The molecule has 0 heterocycles. The van der Waals surface area contributed by atoms with Crippen molar-refractivity contribution in [3.05, 3.63) is 48.1 Å². The van der Waals surface area contributed by atoms with E-state index in [0.29, 0.717) is 10.5 Å². The zero-order valence-corrected chi connectivity index (χ0v) is 17.4. The highest BCUT2D eigenvalue weighted by Gasteiger charge is 2.25. The first kappa shape index (κ1) is 22.0. The number of carboxylic acid groups (broad SMARTS) is 1. The molecule has 150 valence electrons. The van der Waals surface area contributed by atoms with E-state index in [1.807, 2.05) is 13.0 Å². The molecule has 0 radical (unpaired) electrons. The molecule has 0 aromatic heterocycles. The van der Waals surface area contributed by atoms with Crippen LogP contribution in [0.3, 0.4) is 0 Å². The molecule has 3 nitrogen and oxygen atoms in total. The maximum Gasteiger partial charge on any atom is 0.303 e. The van der Waals surface area contributed by atoms with E-state index in [-0.39, 0.29) is 12.3 Å². The van der Waals surface area contributed by atoms with Crippen LogP contribution in [0, 0.1) is 5.92 Å². The van der Waals surface area contributed by atoms with Crippen LogP contribution in [0.4, 0.5) is 0 Å². The van der Waals surface area contributed by atoms with Crippen LogP contribution in [0.15, 0.2) is 48.1 Å². The Morgan fingerprint density at radius 1 is 1.44 bits per heavy atom. The smallest absolute Gasteiger partial charge is 0.303 e. The summed E-state index contributed by atoms with van der Waals surface area (Å²) in [7, 11) is 0. The van der Waals surface area contributed by atoms with Gasteiger partial charge in [-0.1, -0.05) is 37.0 Å². The predicted octanol–water partition coefficient (Wildman–Crippen LogP) is 5.94. The van der Waals surface area contributed by atoms with Crippen LogP contribution < -0.4 is 0 Å². The number of thioether (sulfide) groups is 1. The molecular weight excluding hydrogens is 356 g/mol. The van der Waals surface area contributed by atoms with Crippen molar-refractivity contribution in [2.75, 3.05) is 13.2 Å². The van der Waals surface area contributed by atoms with Crippen LogP contribution >= 0.6 is 11.8 Å². The van der Waals surface area contributed by atoms with Gasteiger partial charge in [0.1, 0.15) is 0 Å². The first-order chi connectivity index (χ1) is 13.1. The van der Waals surface area contributed by atoms with Crippen molar-refractivity contribution in [1.29, 1.82) is 0 Å². The average Bonchev–Trinajstić information content (AvgIpc) is 2.64. The lowest BCUT2D eigenvalue weighted by atomic mass is 9.90. The van der Waals surface area contributed by atoms with Crippen molar-refractivity contribution in [3.8, 4) is 0 Å². The van der Waals surface area contributed by atoms with Gasteiger partial charge >= 0.3 is 5.97 Å². The molecule has 0 fully saturated rings. The van der Waals surface area contributed by atoms with Crippen LogP contribution in [0.25, 0.3) is 0 Å². The predicted molar refractivity (Wildman–Crippen MR) is 115 cm³/mol. The highest BCUT2D eigenvalue weighted by Crippen LogP contribution is 2.39. The van der Waals surface area contributed by atoms with Crippen molar-refractivity contribution in [3.63, 3.8) is 0 Å². The Labute approximate surface area is 168 Å². The molecule has 27 heavy (non-hydrogen) atoms. The van der Waals surface area contributed by atoms with Crippen molar-refractivity contribution < 1.29 is 14.6 Å². The molecule has 0 saturated heterocycles. The van der Waals surface area contributed by atoms with E-state index in [4.69, 9.17) is 9.84 Å². The van der Waals surface area contributed by atoms with Gasteiger partial charge in [-0.2, -0.15) is 11.8 Å². The van der Waals surface area contributed by atoms with Crippen molar-refractivity contribution in [1.82, 2.24) is 0 Å². The minimum Gasteiger partial charge on any atom is -0.481 e. The van der Waals surface area contributed by atoms with Gasteiger partial charge < -0.3 is 9.84 Å². The van der Waals surface area contributed by atoms with Gasteiger partial charge in [0.25, 0.3) is 0 Å². The fourth-order valence-corrected chi connectivity index (χ4v) is 5.62. The van der Waals surface area contributed by atoms with Gasteiger partial charge in [0.15, 0.2) is 0 Å². The zero-order valence-electron chi connectivity index (χ0n) is 16.6. The zero-order chi connectivity index (χ0) is 19.5. The number of carbonyl (C=O) groups is 1. The van der Waals surface area contributed by atoms with Crippen LogP contribution in [-0.2, 0) is 9.53 Å². The number of hydrogen-bond acceptors (Lipinski definition) is 3. The fourth-order valence-electron chi connectivity index (χ4n) is 3.95. The van der Waals surface area contributed by atoms with Crippen LogP contribution in [-0.4, -0.2) is 34.8 Å². The molecule has 0 amide bonds. The van der Waals surface area contributed by atoms with Gasteiger partial charge in [0, 0.05) is 23.7 Å². The molecule has 2 aliphatic carbocycles. The normalized spacial score (nSPS) is 25.9. The molecule has 0 bridgehead atoms. The van der Waals surface area contributed by atoms with Crippen molar-refractivity contribution in [2.45, 2.75) is 68.8 Å². The molecule has 0 spiro atoms. The summed E-state index contributed by atoms with van der Waals surface area (Å²) in [5.41, 5.74) is 2.88. The van der Waals surface area contributed by atoms with E-state index in [0.717, 1.165) is 51.7 Å². The molecule has 4 heteroatoms. The van der Waals surface area contributed by atoms with E-state index >= 15 is 0 Å². The lowest BCUT2D eigenvalue weighted by molar-refractivity contribution is -0.137. The van der Waals surface area contributed by atoms with Gasteiger partial charge in [-0.25, -0.2) is 0 Å². The average molecular weight is 391 g/mol. The highest BCUT2D eigenvalue weighted by atomic mass is 32.2. The lowest BCUT2D eigenvalue weighted by Gasteiger charge is -2.30. The number of hydrogen-bond donors (Lipinski definition) is 1. The molecular formula is C23H34O3S. The van der Waals surface area contributed by atoms with E-state index < -0.39 is 5.97 Å². The Balaban J connectivity index is 1.87. The summed E-state index contributed by atoms with van der Waals surface area (Å²) in [5.74, 6) is -0.494. The third-order valence-corrected chi connectivity index (χ3v) is 6.75. The maximum absolute atomic E-state index is 11.0. The molecule has 0 aromatic rings. The summed E-state index contributed by atoms with van der Waals surface area (Å²) >= 11 is 2.08. The Hall–Kier alpha value is -1.26. The van der Waals surface area contributed by atoms with E-state index in [2.05, 4.69) is 42.6 Å². The number of rotatable bonds is 11. The van der Waals surface area contributed by atoms with Gasteiger partial charge in [0.2, 0.25) is 0 Å². The quantitative estimate of drug-likeness (QED) is 0.269. The Morgan fingerprint density at radius 3 is 3.04 bits per heavy atom. The highest BCUT2D eigenvalue weighted by molar-refractivity contribution is 8.00. The molecule has 0 aliphatic heterocycles. The fraction of sp³-hybridized carbons (Fsp3) is 0.609. The molecule has 2 aliphatic rings. The summed E-state index contributed by atoms with van der Waals surface area (Å²) in [6, 6.07) is 0. The van der Waals surface area contributed by atoms with Gasteiger partial charge in [0.05, 0.1) is 6.42 Å². The van der Waals surface area contributed by atoms with Gasteiger partial charge in [-0.05, 0) is 68.9 Å². The minimum atomic E-state index is -0.690. The van der Waals surface area contributed by atoms with Crippen LogP contribution in [0.2, 0.25) is 0 Å². The van der Waals surface area contributed by atoms with Crippen LogP contribution in [0.5, 0.6) is 0 Å². The van der Waals surface area contributed by atoms with E-state index in [1.165, 1.54) is 17.6 Å². The van der Waals surface area contributed by atoms with Gasteiger partial charge in [-0.15, -0.1) is 0 Å². The topological polar surface area (TPSA) is 46.5 Å². The van der Waals surface area contributed by atoms with Gasteiger partial charge in [-0.3, -0.25) is 4.79 Å². The SMILES string of the molecule is C=C/C=C(\CCCOCC)C1=CCCC(SC2CC=C[C@@H](CC(=O)O)C2)C1. The monoisotopic (exact) mass is 390 g/mol. The minimum absolute atomic E-state index is 0.196. The molecule has 0 saturated carbocycles. The Morgan fingerprint density at radius 2 is 2.30 bits per heavy atom. The maximum atomic E-state index is 11.0. The summed E-state index contributed by atoms with van der Waals surface area (Å²) < 4.78 is 5.48. The summed E-state index contributed by atoms with van der Waals surface area (Å²) in [5, 5.41) is 10.2. The third kappa shape index (κ3) is 8.10. The third-order valence-electron chi connectivity index (χ3n) is 5.19. The largest absolute Gasteiger partial charge is 0.481 e. The first-order valence-electron chi connectivity index (χ1n) is 10.2. The summed E-state index contributed by atoms with van der Waals surface area (Å²) in [6.07, 6.45) is 18.6. The first-order valence-corrected chi connectivity index (χ1v) is 11.2. The second-order valence-corrected chi connectivity index (χ2v) is 8.98. The number of allylic oxidation sites excluding steroid dienone is 7. The standard InChI is InChI=1S/C23H34O3S/c1-3-8-19(11-7-14-26-4-2)20-10-6-13-22(17-20)27-21-12-5-9-18(15-21)16-23(24)25/h3,5,8-10,18,21-22H,1,4,6-7,11-17H2,2H3,(H,24,25)/b19-8+/t18-,21?,22?/m1/s1. The van der Waals surface area contributed by atoms with E-state index in [1.54, 1.807) is 0 Å². The Bertz CT molecular complexity index is 576. The molecule has 2 rings (SSSR count). The second kappa shape index (κ2) is 12.2. The molecule has 3 atom stereocenters. The lowest BCUT2D eigenvalue weighted by Crippen LogP contribution is -2.20. The second-order valence-electron chi connectivity index (χ2n) is 7.38. The van der Waals surface area contributed by atoms with E-state index in [9.17, 15) is 4.79 Å². The Kier molecular flexibility index (Phi) is 10.00. The van der Waals surface area contributed by atoms with Crippen molar-refractivity contribution in [2.24, 2.45) is 5.92 Å². The number of aliphatic carboxylic acids is 1. The number of ether oxygens (including phenoxy) is 1. The van der Waals surface area contributed by atoms with Crippen molar-refractivity contribution >= 4 is 17.7 Å². The summed E-state index contributed by atoms with van der Waals surface area (Å²) in [6.45, 7) is 7.52.